The van der Waals surface area contributed by atoms with Gasteiger partial charge in [-0.2, -0.15) is 0 Å². The summed E-state index contributed by atoms with van der Waals surface area (Å²) < 4.78 is 0. The fourth-order valence-electron chi connectivity index (χ4n) is 2.45. The molecule has 0 unspecified atom stereocenters. The van der Waals surface area contributed by atoms with Crippen molar-refractivity contribution < 1.29 is 9.59 Å². The second kappa shape index (κ2) is 10.2. The van der Waals surface area contributed by atoms with E-state index in [0.717, 1.165) is 19.0 Å². The van der Waals surface area contributed by atoms with E-state index in [1.165, 1.54) is 16.0 Å². The third-order valence-electron chi connectivity index (χ3n) is 3.76. The van der Waals surface area contributed by atoms with Crippen LogP contribution in [0.2, 0.25) is 0 Å². The van der Waals surface area contributed by atoms with Gasteiger partial charge in [-0.15, -0.1) is 24.0 Å². The first kappa shape index (κ1) is 21.2. The normalized spacial score (nSPS) is 14.2. The average molecular weight is 459 g/mol. The van der Waals surface area contributed by atoms with E-state index in [9.17, 15) is 9.59 Å². The molecule has 7 nitrogen and oxygen atoms in total. The molecule has 0 aromatic heterocycles. The molecule has 1 aliphatic heterocycles. The average Bonchev–Trinajstić information content (AvgIpc) is 2.88. The van der Waals surface area contributed by atoms with Crippen LogP contribution < -0.4 is 10.6 Å². The minimum atomic E-state index is -0.340. The molecule has 2 N–H and O–H groups in total. The van der Waals surface area contributed by atoms with Gasteiger partial charge >= 0.3 is 6.03 Å². The van der Waals surface area contributed by atoms with E-state index in [-0.39, 0.29) is 49.0 Å². The van der Waals surface area contributed by atoms with Crippen LogP contribution in [0.1, 0.15) is 18.1 Å². The maximum absolute atomic E-state index is 11.6. The number of benzene rings is 1. The van der Waals surface area contributed by atoms with Gasteiger partial charge in [0.05, 0.1) is 19.6 Å². The van der Waals surface area contributed by atoms with E-state index < -0.39 is 0 Å². The number of urea groups is 1. The number of halogens is 1. The SMILES string of the molecule is CCNC(=NCCN1C(=O)CNC1=O)N(C)Cc1ccc(C)cc1.I. The quantitative estimate of drug-likeness (QED) is 0.293. The smallest absolute Gasteiger partial charge is 0.324 e. The number of amides is 3. The molecule has 1 aliphatic rings. The first-order chi connectivity index (χ1) is 11.5. The minimum Gasteiger partial charge on any atom is -0.357 e. The molecule has 2 rings (SSSR count). The van der Waals surface area contributed by atoms with Gasteiger partial charge in [-0.25, -0.2) is 4.79 Å². The second-order valence-corrected chi connectivity index (χ2v) is 5.78. The van der Waals surface area contributed by atoms with Crippen molar-refractivity contribution in [1.82, 2.24) is 20.4 Å². The Labute approximate surface area is 165 Å². The standard InChI is InChI=1S/C17H25N5O2.HI/c1-4-18-16(19-9-10-22-15(23)11-20-17(22)24)21(3)12-14-7-5-13(2)6-8-14;/h5-8H,4,9-12H2,1-3H3,(H,18,19)(H,20,24);1H. The van der Waals surface area contributed by atoms with Gasteiger partial charge in [0.1, 0.15) is 0 Å². The molecule has 3 amide bonds. The molecule has 0 radical (unpaired) electrons. The van der Waals surface area contributed by atoms with E-state index >= 15 is 0 Å². The number of aryl methyl sites for hydroxylation is 1. The highest BCUT2D eigenvalue weighted by atomic mass is 127. The Morgan fingerprint density at radius 1 is 1.32 bits per heavy atom. The molecule has 0 spiro atoms. The fraction of sp³-hybridized carbons (Fsp3) is 0.471. The number of nitrogens with zero attached hydrogens (tertiary/aromatic N) is 3. The Bertz CT molecular complexity index is 602. The van der Waals surface area contributed by atoms with Gasteiger partial charge in [-0.1, -0.05) is 29.8 Å². The van der Waals surface area contributed by atoms with Crippen molar-refractivity contribution in [3.8, 4) is 0 Å². The lowest BCUT2D eigenvalue weighted by molar-refractivity contribution is -0.124. The minimum absolute atomic E-state index is 0. The number of carbonyl (C=O) groups excluding carboxylic acids is 2. The maximum atomic E-state index is 11.6. The number of guanidine groups is 1. The van der Waals surface area contributed by atoms with Gasteiger partial charge in [0.2, 0.25) is 5.91 Å². The van der Waals surface area contributed by atoms with E-state index in [0.29, 0.717) is 6.54 Å². The molecule has 0 atom stereocenters. The van der Waals surface area contributed by atoms with E-state index in [1.807, 2.05) is 18.9 Å². The van der Waals surface area contributed by atoms with Gasteiger partial charge in [0, 0.05) is 20.1 Å². The molecule has 1 heterocycles. The van der Waals surface area contributed by atoms with Crippen LogP contribution in [0.3, 0.4) is 0 Å². The second-order valence-electron chi connectivity index (χ2n) is 5.78. The van der Waals surface area contributed by atoms with Crippen LogP contribution in [0.4, 0.5) is 4.79 Å². The first-order valence-electron chi connectivity index (χ1n) is 8.14. The van der Waals surface area contributed by atoms with Crippen molar-refractivity contribution in [2.75, 3.05) is 33.2 Å². The molecular formula is C17H26IN5O2. The van der Waals surface area contributed by atoms with Crippen molar-refractivity contribution in [3.05, 3.63) is 35.4 Å². The van der Waals surface area contributed by atoms with Crippen LogP contribution in [0.15, 0.2) is 29.3 Å². The van der Waals surface area contributed by atoms with Gasteiger partial charge in [-0.05, 0) is 19.4 Å². The molecule has 1 aromatic rings. The summed E-state index contributed by atoms with van der Waals surface area (Å²) in [5.74, 6) is 0.554. The van der Waals surface area contributed by atoms with Gasteiger partial charge < -0.3 is 15.5 Å². The highest BCUT2D eigenvalue weighted by molar-refractivity contribution is 14.0. The predicted molar refractivity (Wildman–Crippen MR) is 109 cm³/mol. The molecule has 1 fully saturated rings. The van der Waals surface area contributed by atoms with Crippen molar-refractivity contribution in [3.63, 3.8) is 0 Å². The first-order valence-corrected chi connectivity index (χ1v) is 8.14. The highest BCUT2D eigenvalue weighted by Gasteiger charge is 2.27. The molecule has 138 valence electrons. The zero-order valence-corrected chi connectivity index (χ0v) is 17.2. The van der Waals surface area contributed by atoms with Crippen LogP contribution in [-0.4, -0.2) is 60.9 Å². The predicted octanol–water partition coefficient (Wildman–Crippen LogP) is 1.56. The number of imide groups is 1. The van der Waals surface area contributed by atoms with Crippen molar-refractivity contribution in [2.24, 2.45) is 4.99 Å². The van der Waals surface area contributed by atoms with Crippen LogP contribution >= 0.6 is 24.0 Å². The highest BCUT2D eigenvalue weighted by Crippen LogP contribution is 2.06. The van der Waals surface area contributed by atoms with Gasteiger partial charge in [0.15, 0.2) is 5.96 Å². The molecule has 1 aromatic carbocycles. The third-order valence-corrected chi connectivity index (χ3v) is 3.76. The third kappa shape index (κ3) is 6.18. The molecule has 25 heavy (non-hydrogen) atoms. The van der Waals surface area contributed by atoms with Gasteiger partial charge in [-0.3, -0.25) is 14.7 Å². The number of hydrogen-bond donors (Lipinski definition) is 2. The number of rotatable bonds is 6. The largest absolute Gasteiger partial charge is 0.357 e. The van der Waals surface area contributed by atoms with Crippen molar-refractivity contribution >= 4 is 41.9 Å². The Morgan fingerprint density at radius 3 is 2.56 bits per heavy atom. The molecule has 8 heteroatoms. The van der Waals surface area contributed by atoms with Crippen molar-refractivity contribution in [2.45, 2.75) is 20.4 Å². The molecule has 1 saturated heterocycles. The summed E-state index contributed by atoms with van der Waals surface area (Å²) >= 11 is 0. The fourth-order valence-corrected chi connectivity index (χ4v) is 2.45. The number of hydrogen-bond acceptors (Lipinski definition) is 3. The summed E-state index contributed by atoms with van der Waals surface area (Å²) in [7, 11) is 1.97. The van der Waals surface area contributed by atoms with Crippen LogP contribution in [0, 0.1) is 6.92 Å². The molecule has 0 aliphatic carbocycles. The van der Waals surface area contributed by atoms with Crippen molar-refractivity contribution in [1.29, 1.82) is 0 Å². The number of carbonyl (C=O) groups is 2. The molecule has 0 bridgehead atoms. The van der Waals surface area contributed by atoms with E-state index in [4.69, 9.17) is 0 Å². The van der Waals surface area contributed by atoms with E-state index in [1.54, 1.807) is 0 Å². The van der Waals surface area contributed by atoms with Crippen LogP contribution in [0.25, 0.3) is 0 Å². The number of aliphatic imine (C=N–C) groups is 1. The summed E-state index contributed by atoms with van der Waals surface area (Å²) in [5, 5.41) is 5.74. The zero-order valence-electron chi connectivity index (χ0n) is 14.9. The lowest BCUT2D eigenvalue weighted by atomic mass is 10.1. The number of nitrogens with one attached hydrogen (secondary N) is 2. The Balaban J connectivity index is 0.00000312. The summed E-state index contributed by atoms with van der Waals surface area (Å²) in [6.45, 7) is 6.30. The van der Waals surface area contributed by atoms with E-state index in [2.05, 4.69) is 46.8 Å². The van der Waals surface area contributed by atoms with Gasteiger partial charge in [0.25, 0.3) is 0 Å². The summed E-state index contributed by atoms with van der Waals surface area (Å²) in [4.78, 5) is 30.8. The summed E-state index contributed by atoms with van der Waals surface area (Å²) in [6.07, 6.45) is 0. The molecular weight excluding hydrogens is 433 g/mol. The summed E-state index contributed by atoms with van der Waals surface area (Å²) in [6, 6.07) is 8.04. The zero-order chi connectivity index (χ0) is 17.5. The molecule has 0 saturated carbocycles. The topological polar surface area (TPSA) is 77.0 Å². The summed E-state index contributed by atoms with van der Waals surface area (Å²) in [5.41, 5.74) is 2.43. The Morgan fingerprint density at radius 2 is 2.00 bits per heavy atom. The lowest BCUT2D eigenvalue weighted by Crippen LogP contribution is -2.39. The van der Waals surface area contributed by atoms with Crippen LogP contribution in [0.5, 0.6) is 0 Å². The van der Waals surface area contributed by atoms with Crippen LogP contribution in [-0.2, 0) is 11.3 Å². The lowest BCUT2D eigenvalue weighted by Gasteiger charge is -2.22. The maximum Gasteiger partial charge on any atom is 0.324 e. The monoisotopic (exact) mass is 459 g/mol. The Hall–Kier alpha value is -1.84. The Kier molecular flexibility index (Phi) is 8.67.